The maximum absolute atomic E-state index is 13.4. The summed E-state index contributed by atoms with van der Waals surface area (Å²) in [5.41, 5.74) is -0.0369. The monoisotopic (exact) mass is 394 g/mol. The van der Waals surface area contributed by atoms with Gasteiger partial charge in [0.2, 0.25) is 0 Å². The largest absolute Gasteiger partial charge is 0.417 e. The van der Waals surface area contributed by atoms with Gasteiger partial charge >= 0.3 is 12.4 Å². The van der Waals surface area contributed by atoms with Gasteiger partial charge in [-0.25, -0.2) is 0 Å². The van der Waals surface area contributed by atoms with E-state index in [-0.39, 0.29) is 22.3 Å². The van der Waals surface area contributed by atoms with Gasteiger partial charge in [0.1, 0.15) is 0 Å². The lowest BCUT2D eigenvalue weighted by atomic mass is 9.93. The van der Waals surface area contributed by atoms with Gasteiger partial charge in [-0.3, -0.25) is 0 Å². The molecule has 0 aromatic heterocycles. The second-order valence-corrected chi connectivity index (χ2v) is 6.67. The highest BCUT2D eigenvalue weighted by Gasteiger charge is 2.35. The maximum atomic E-state index is 13.4. The van der Waals surface area contributed by atoms with E-state index in [0.29, 0.717) is 11.1 Å². The quantitative estimate of drug-likeness (QED) is 0.391. The van der Waals surface area contributed by atoms with Gasteiger partial charge in [0.25, 0.3) is 0 Å². The van der Waals surface area contributed by atoms with E-state index in [4.69, 9.17) is 0 Å². The fraction of sp³-hybridized carbons (Fsp3) is 0.182. The van der Waals surface area contributed by atoms with Crippen molar-refractivity contribution in [3.63, 3.8) is 0 Å². The fourth-order valence-corrected chi connectivity index (χ4v) is 3.12. The summed E-state index contributed by atoms with van der Waals surface area (Å²) in [6, 6.07) is 13.7. The van der Waals surface area contributed by atoms with Crippen molar-refractivity contribution < 1.29 is 26.3 Å². The van der Waals surface area contributed by atoms with E-state index >= 15 is 0 Å². The van der Waals surface area contributed by atoms with E-state index in [1.807, 2.05) is 0 Å². The molecule has 0 saturated heterocycles. The zero-order chi connectivity index (χ0) is 20.7. The lowest BCUT2D eigenvalue weighted by Gasteiger charge is -2.16. The molecular weight excluding hydrogens is 378 g/mol. The van der Waals surface area contributed by atoms with Crippen LogP contribution in [-0.4, -0.2) is 0 Å². The lowest BCUT2D eigenvalue weighted by molar-refractivity contribution is -0.138. The maximum Gasteiger partial charge on any atom is 0.417 e. The van der Waals surface area contributed by atoms with E-state index in [9.17, 15) is 26.3 Å². The van der Waals surface area contributed by atoms with Crippen LogP contribution in [0.2, 0.25) is 0 Å². The van der Waals surface area contributed by atoms with Gasteiger partial charge in [0.15, 0.2) is 0 Å². The number of hydrogen-bond donors (Lipinski definition) is 0. The number of rotatable bonds is 2. The van der Waals surface area contributed by atoms with E-state index in [1.54, 1.807) is 26.0 Å². The van der Waals surface area contributed by atoms with E-state index in [2.05, 4.69) is 0 Å². The molecule has 28 heavy (non-hydrogen) atoms. The van der Waals surface area contributed by atoms with Crippen LogP contribution in [0.1, 0.15) is 22.3 Å². The molecule has 0 amide bonds. The van der Waals surface area contributed by atoms with Gasteiger partial charge in [-0.1, -0.05) is 59.7 Å². The number of benzene rings is 3. The van der Waals surface area contributed by atoms with Crippen LogP contribution in [0.5, 0.6) is 0 Å². The molecule has 0 saturated carbocycles. The first-order chi connectivity index (χ1) is 13.0. The third-order valence-electron chi connectivity index (χ3n) is 4.47. The molecule has 3 aromatic carbocycles. The molecule has 0 atom stereocenters. The molecule has 3 rings (SSSR count). The van der Waals surface area contributed by atoms with Gasteiger partial charge in [-0.15, -0.1) is 0 Å². The molecule has 0 unspecified atom stereocenters. The lowest BCUT2D eigenvalue weighted by Crippen LogP contribution is -2.08. The van der Waals surface area contributed by atoms with Crippen LogP contribution in [-0.2, 0) is 12.4 Å². The van der Waals surface area contributed by atoms with Crippen molar-refractivity contribution in [2.24, 2.45) is 0 Å². The summed E-state index contributed by atoms with van der Waals surface area (Å²) in [4.78, 5) is 0. The van der Waals surface area contributed by atoms with Crippen molar-refractivity contribution in [1.82, 2.24) is 0 Å². The second kappa shape index (κ2) is 7.00. The molecule has 0 N–H and O–H groups in total. The number of hydrogen-bond acceptors (Lipinski definition) is 0. The average molecular weight is 394 g/mol. The van der Waals surface area contributed by atoms with Crippen molar-refractivity contribution in [3.05, 3.63) is 82.9 Å². The predicted molar refractivity (Wildman–Crippen MR) is 96.8 cm³/mol. The first kappa shape index (κ1) is 20.0. The summed E-state index contributed by atoms with van der Waals surface area (Å²) < 4.78 is 80.1. The second-order valence-electron chi connectivity index (χ2n) is 6.67. The highest BCUT2D eigenvalue weighted by Crippen LogP contribution is 2.40. The Morgan fingerprint density at radius 2 is 0.821 bits per heavy atom. The Bertz CT molecular complexity index is 913. The third-order valence-corrected chi connectivity index (χ3v) is 4.47. The van der Waals surface area contributed by atoms with E-state index in [1.165, 1.54) is 36.4 Å². The van der Waals surface area contributed by atoms with Gasteiger partial charge in [0, 0.05) is 0 Å². The van der Waals surface area contributed by atoms with Crippen LogP contribution < -0.4 is 0 Å². The number of halogens is 6. The summed E-state index contributed by atoms with van der Waals surface area (Å²) in [7, 11) is 0. The van der Waals surface area contributed by atoms with Gasteiger partial charge in [-0.2, -0.15) is 26.3 Å². The summed E-state index contributed by atoms with van der Waals surface area (Å²) in [6.45, 7) is 3.14. The molecule has 146 valence electrons. The van der Waals surface area contributed by atoms with Crippen LogP contribution >= 0.6 is 0 Å². The van der Waals surface area contributed by atoms with Crippen molar-refractivity contribution in [1.29, 1.82) is 0 Å². The summed E-state index contributed by atoms with van der Waals surface area (Å²) in [6.07, 6.45) is -9.05. The first-order valence-corrected chi connectivity index (χ1v) is 8.43. The predicted octanol–water partition coefficient (Wildman–Crippen LogP) is 7.68. The molecule has 0 aliphatic heterocycles. The standard InChI is InChI=1S/C22H16F6/c1-13-3-9-17(19(11-13)21(23,24)25)15-5-7-16(8-6-15)18-10-4-14(2)12-20(18)22(26,27)28/h3-12H,1-2H3. The molecule has 6 heteroatoms. The molecule has 0 radical (unpaired) electrons. The molecule has 0 aliphatic rings. The van der Waals surface area contributed by atoms with Crippen molar-refractivity contribution >= 4 is 0 Å². The normalized spacial score (nSPS) is 12.3. The SMILES string of the molecule is Cc1ccc(-c2ccc(-c3ccc(C)cc3C(F)(F)F)cc2)c(C(F)(F)F)c1. The van der Waals surface area contributed by atoms with Crippen molar-refractivity contribution in [2.45, 2.75) is 26.2 Å². The number of aryl methyl sites for hydroxylation is 2. The van der Waals surface area contributed by atoms with Gasteiger partial charge < -0.3 is 0 Å². The third kappa shape index (κ3) is 4.06. The Labute approximate surface area is 158 Å². The average Bonchev–Trinajstić information content (AvgIpc) is 2.60. The van der Waals surface area contributed by atoms with Gasteiger partial charge in [-0.05, 0) is 48.2 Å². The molecule has 0 nitrogen and oxygen atoms in total. The summed E-state index contributed by atoms with van der Waals surface area (Å²) in [5.74, 6) is 0. The van der Waals surface area contributed by atoms with E-state index in [0.717, 1.165) is 12.1 Å². The van der Waals surface area contributed by atoms with Gasteiger partial charge in [0.05, 0.1) is 11.1 Å². The minimum absolute atomic E-state index is 0.00963. The van der Waals surface area contributed by atoms with Crippen LogP contribution in [0.3, 0.4) is 0 Å². The molecule has 3 aromatic rings. The number of alkyl halides is 6. The zero-order valence-electron chi connectivity index (χ0n) is 15.0. The molecule has 0 spiro atoms. The highest BCUT2D eigenvalue weighted by molar-refractivity contribution is 5.74. The van der Waals surface area contributed by atoms with Crippen LogP contribution in [0.25, 0.3) is 22.3 Å². The summed E-state index contributed by atoms with van der Waals surface area (Å²) >= 11 is 0. The van der Waals surface area contributed by atoms with Crippen LogP contribution in [0.15, 0.2) is 60.7 Å². The Morgan fingerprint density at radius 1 is 0.500 bits per heavy atom. The smallest absolute Gasteiger partial charge is 0.166 e. The Hall–Kier alpha value is -2.76. The Kier molecular flexibility index (Phi) is 5.00. The van der Waals surface area contributed by atoms with Crippen molar-refractivity contribution in [2.75, 3.05) is 0 Å². The van der Waals surface area contributed by atoms with E-state index < -0.39 is 23.5 Å². The summed E-state index contributed by atoms with van der Waals surface area (Å²) in [5, 5.41) is 0. The highest BCUT2D eigenvalue weighted by atomic mass is 19.4. The fourth-order valence-electron chi connectivity index (χ4n) is 3.12. The minimum Gasteiger partial charge on any atom is -0.166 e. The zero-order valence-corrected chi connectivity index (χ0v) is 15.0. The minimum atomic E-state index is -4.53. The van der Waals surface area contributed by atoms with Crippen molar-refractivity contribution in [3.8, 4) is 22.3 Å². The van der Waals surface area contributed by atoms with Crippen LogP contribution in [0, 0.1) is 13.8 Å². The molecule has 0 aliphatic carbocycles. The topological polar surface area (TPSA) is 0 Å². The Morgan fingerprint density at radius 3 is 1.11 bits per heavy atom. The van der Waals surface area contributed by atoms with Crippen LogP contribution in [0.4, 0.5) is 26.3 Å². The molecular formula is C22H16F6. The molecule has 0 bridgehead atoms. The first-order valence-electron chi connectivity index (χ1n) is 8.43. The molecule has 0 heterocycles. The molecule has 0 fully saturated rings. The Balaban J connectivity index is 2.08.